The Bertz CT molecular complexity index is 1590. The normalized spacial score (nSPS) is 14.2. The largest absolute Gasteiger partial charge is 0.496 e. The Kier molecular flexibility index (Phi) is 7.51. The lowest BCUT2D eigenvalue weighted by Crippen LogP contribution is -2.50. The van der Waals surface area contributed by atoms with Crippen molar-refractivity contribution in [3.63, 3.8) is 0 Å². The Labute approximate surface area is 225 Å². The standard InChI is InChI=1S/C28H24F2N4O4S/c1-38-23-17-19(32-39(37)24-9-2-5-18-6-4-12-31-26(18)24)10-11-20(23)27(35)33-13-15-34(16-14-33)28(36)21-7-3-8-22(29)25(21)30/h2-12,17,32H,13-16H2,1H3. The lowest BCUT2D eigenvalue weighted by atomic mass is 10.1. The first-order valence-corrected chi connectivity index (χ1v) is 13.2. The van der Waals surface area contributed by atoms with Gasteiger partial charge in [0.1, 0.15) is 5.75 Å². The number of hydrogen-bond donors (Lipinski definition) is 1. The molecule has 1 saturated heterocycles. The Hall–Kier alpha value is -4.38. The first kappa shape index (κ1) is 26.2. The molecule has 39 heavy (non-hydrogen) atoms. The van der Waals surface area contributed by atoms with Gasteiger partial charge in [-0.1, -0.05) is 24.3 Å². The molecule has 4 aromatic rings. The zero-order valence-corrected chi connectivity index (χ0v) is 21.7. The highest BCUT2D eigenvalue weighted by Crippen LogP contribution is 2.27. The number of anilines is 1. The molecule has 200 valence electrons. The van der Waals surface area contributed by atoms with E-state index in [0.29, 0.717) is 27.4 Å². The van der Waals surface area contributed by atoms with E-state index in [0.717, 1.165) is 11.5 Å². The highest BCUT2D eigenvalue weighted by Gasteiger charge is 2.28. The molecular weight excluding hydrogens is 526 g/mol. The highest BCUT2D eigenvalue weighted by atomic mass is 32.2. The third-order valence-corrected chi connectivity index (χ3v) is 7.62. The van der Waals surface area contributed by atoms with Gasteiger partial charge in [0.15, 0.2) is 22.6 Å². The third-order valence-electron chi connectivity index (χ3n) is 6.47. The number of benzene rings is 3. The van der Waals surface area contributed by atoms with Crippen LogP contribution < -0.4 is 9.46 Å². The molecule has 0 radical (unpaired) electrons. The Morgan fingerprint density at radius 1 is 0.897 bits per heavy atom. The third kappa shape index (κ3) is 5.30. The van der Waals surface area contributed by atoms with Crippen molar-refractivity contribution in [2.24, 2.45) is 0 Å². The van der Waals surface area contributed by atoms with E-state index in [4.69, 9.17) is 4.74 Å². The molecule has 1 aromatic heterocycles. The minimum Gasteiger partial charge on any atom is -0.496 e. The van der Waals surface area contributed by atoms with Crippen LogP contribution in [0.3, 0.4) is 0 Å². The van der Waals surface area contributed by atoms with Gasteiger partial charge in [0.05, 0.1) is 34.3 Å². The zero-order valence-electron chi connectivity index (χ0n) is 20.9. The topological polar surface area (TPSA) is 91.8 Å². The van der Waals surface area contributed by atoms with E-state index in [1.807, 2.05) is 24.3 Å². The summed E-state index contributed by atoms with van der Waals surface area (Å²) >= 11 is 0. The highest BCUT2D eigenvalue weighted by molar-refractivity contribution is 7.86. The van der Waals surface area contributed by atoms with Crippen molar-refractivity contribution in [1.82, 2.24) is 14.8 Å². The predicted molar refractivity (Wildman–Crippen MR) is 143 cm³/mol. The lowest BCUT2D eigenvalue weighted by Gasteiger charge is -2.35. The number of rotatable bonds is 6. The van der Waals surface area contributed by atoms with Gasteiger partial charge in [-0.3, -0.25) is 14.6 Å². The van der Waals surface area contributed by atoms with Crippen molar-refractivity contribution in [2.45, 2.75) is 4.90 Å². The lowest BCUT2D eigenvalue weighted by molar-refractivity contribution is 0.0530. The first-order valence-electron chi connectivity index (χ1n) is 12.1. The number of halogens is 2. The molecule has 1 atom stereocenters. The molecule has 0 saturated carbocycles. The smallest absolute Gasteiger partial charge is 0.257 e. The van der Waals surface area contributed by atoms with E-state index in [9.17, 15) is 22.6 Å². The summed E-state index contributed by atoms with van der Waals surface area (Å²) in [5, 5.41) is 0.867. The summed E-state index contributed by atoms with van der Waals surface area (Å²) in [6, 6.07) is 17.4. The van der Waals surface area contributed by atoms with Crippen molar-refractivity contribution >= 4 is 39.4 Å². The summed E-state index contributed by atoms with van der Waals surface area (Å²) in [7, 11) is -0.183. The van der Waals surface area contributed by atoms with Gasteiger partial charge < -0.3 is 19.3 Å². The van der Waals surface area contributed by atoms with Crippen LogP contribution in [0.5, 0.6) is 5.75 Å². The monoisotopic (exact) mass is 550 g/mol. The fraction of sp³-hybridized carbons (Fsp3) is 0.179. The van der Waals surface area contributed by atoms with Crippen LogP contribution in [-0.2, 0) is 11.0 Å². The number of aromatic nitrogens is 1. The second kappa shape index (κ2) is 11.2. The van der Waals surface area contributed by atoms with Crippen LogP contribution in [-0.4, -0.2) is 64.1 Å². The molecule has 0 bridgehead atoms. The number of hydrogen-bond acceptors (Lipinski definition) is 5. The summed E-state index contributed by atoms with van der Waals surface area (Å²) in [5.41, 5.74) is 1.08. The maximum absolute atomic E-state index is 14.1. The molecule has 2 amide bonds. The van der Waals surface area contributed by atoms with Gasteiger partial charge >= 0.3 is 0 Å². The number of nitrogens with one attached hydrogen (secondary N) is 1. The molecule has 1 aliphatic heterocycles. The van der Waals surface area contributed by atoms with Crippen molar-refractivity contribution in [3.8, 4) is 5.75 Å². The van der Waals surface area contributed by atoms with Crippen LogP contribution in [0, 0.1) is 11.6 Å². The summed E-state index contributed by atoms with van der Waals surface area (Å²) < 4.78 is 49.1. The number of pyridine rings is 1. The van der Waals surface area contributed by atoms with Gasteiger partial charge in [-0.15, -0.1) is 0 Å². The second-order valence-corrected chi connectivity index (χ2v) is 9.98. The maximum Gasteiger partial charge on any atom is 0.257 e. The average molecular weight is 551 g/mol. The maximum atomic E-state index is 14.1. The van der Waals surface area contributed by atoms with Crippen LogP contribution in [0.1, 0.15) is 20.7 Å². The molecule has 11 heteroatoms. The molecule has 2 heterocycles. The molecule has 3 aromatic carbocycles. The first-order chi connectivity index (χ1) is 18.9. The molecule has 1 unspecified atom stereocenters. The average Bonchev–Trinajstić information content (AvgIpc) is 2.97. The van der Waals surface area contributed by atoms with Gasteiger partial charge in [0.25, 0.3) is 11.8 Å². The fourth-order valence-corrected chi connectivity index (χ4v) is 5.44. The summed E-state index contributed by atoms with van der Waals surface area (Å²) in [4.78, 5) is 33.8. The number of fused-ring (bicyclic) bond motifs is 1. The van der Waals surface area contributed by atoms with E-state index < -0.39 is 28.5 Å². The van der Waals surface area contributed by atoms with E-state index in [-0.39, 0.29) is 37.6 Å². The summed E-state index contributed by atoms with van der Waals surface area (Å²) in [5.74, 6) is -2.91. The van der Waals surface area contributed by atoms with E-state index in [1.165, 1.54) is 24.1 Å². The van der Waals surface area contributed by atoms with Crippen molar-refractivity contribution in [2.75, 3.05) is 38.0 Å². The summed E-state index contributed by atoms with van der Waals surface area (Å²) in [6.07, 6.45) is 1.64. The van der Waals surface area contributed by atoms with Crippen molar-refractivity contribution in [1.29, 1.82) is 0 Å². The minimum atomic E-state index is -1.62. The van der Waals surface area contributed by atoms with Gasteiger partial charge in [0.2, 0.25) is 0 Å². The molecule has 1 N–H and O–H groups in total. The Balaban J connectivity index is 1.27. The molecule has 8 nitrogen and oxygen atoms in total. The van der Waals surface area contributed by atoms with Crippen LogP contribution in [0.4, 0.5) is 14.5 Å². The van der Waals surface area contributed by atoms with Crippen LogP contribution in [0.2, 0.25) is 0 Å². The predicted octanol–water partition coefficient (Wildman–Crippen LogP) is 4.25. The van der Waals surface area contributed by atoms with E-state index in [1.54, 1.807) is 35.4 Å². The molecule has 0 spiro atoms. The van der Waals surface area contributed by atoms with Crippen molar-refractivity contribution < 1.29 is 27.3 Å². The Morgan fingerprint density at radius 2 is 1.56 bits per heavy atom. The molecule has 1 aliphatic rings. The number of amides is 2. The quantitative estimate of drug-likeness (QED) is 0.388. The van der Waals surface area contributed by atoms with Crippen LogP contribution in [0.15, 0.2) is 77.8 Å². The molecule has 5 rings (SSSR count). The van der Waals surface area contributed by atoms with Crippen molar-refractivity contribution in [3.05, 3.63) is 95.7 Å². The van der Waals surface area contributed by atoms with Gasteiger partial charge in [0, 0.05) is 43.8 Å². The number of piperazine rings is 1. The summed E-state index contributed by atoms with van der Waals surface area (Å²) in [6.45, 7) is 0.757. The fourth-order valence-electron chi connectivity index (χ4n) is 4.44. The number of para-hydroxylation sites is 1. The van der Waals surface area contributed by atoms with Gasteiger partial charge in [-0.25, -0.2) is 13.0 Å². The van der Waals surface area contributed by atoms with Crippen LogP contribution >= 0.6 is 0 Å². The molecular formula is C28H24F2N4O4S. The molecule has 1 fully saturated rings. The van der Waals surface area contributed by atoms with Crippen LogP contribution in [0.25, 0.3) is 10.9 Å². The second-order valence-electron chi connectivity index (χ2n) is 8.80. The number of ether oxygens (including phenoxy) is 1. The van der Waals surface area contributed by atoms with E-state index >= 15 is 0 Å². The van der Waals surface area contributed by atoms with Gasteiger partial charge in [-0.2, -0.15) is 0 Å². The van der Waals surface area contributed by atoms with E-state index in [2.05, 4.69) is 9.71 Å². The molecule has 0 aliphatic carbocycles. The number of carbonyl (C=O) groups is 2. The zero-order chi connectivity index (χ0) is 27.5. The number of carbonyl (C=O) groups excluding carboxylic acids is 2. The SMILES string of the molecule is COc1cc(NS(=O)c2cccc3cccnc23)ccc1C(=O)N1CCN(C(=O)c2cccc(F)c2F)CC1. The Morgan fingerprint density at radius 3 is 2.28 bits per heavy atom. The number of methoxy groups -OCH3 is 1. The minimum absolute atomic E-state index is 0.167. The number of nitrogens with zero attached hydrogens (tertiary/aromatic N) is 3. The van der Waals surface area contributed by atoms with Gasteiger partial charge in [-0.05, 0) is 36.4 Å².